The normalized spacial score (nSPS) is 17.9. The molecule has 1 amide bonds. The number of methoxy groups -OCH3 is 3. The van der Waals surface area contributed by atoms with Crippen molar-refractivity contribution in [3.8, 4) is 17.2 Å². The summed E-state index contributed by atoms with van der Waals surface area (Å²) >= 11 is 0. The number of amides is 1. The SMILES string of the molecule is COc1ccc(S(=O)(=O)N2CCC(N3N=C(c4ccc(OC)c(OC)c4)CCC3=O)CC2)cc1. The fraction of sp³-hybridized carbons (Fsp3) is 0.417. The second-order valence-electron chi connectivity index (χ2n) is 8.17. The molecule has 0 atom stereocenters. The van der Waals surface area contributed by atoms with Gasteiger partial charge in [-0.25, -0.2) is 13.4 Å². The first-order valence-corrected chi connectivity index (χ1v) is 12.6. The smallest absolute Gasteiger partial charge is 0.243 e. The van der Waals surface area contributed by atoms with Gasteiger partial charge < -0.3 is 14.2 Å². The van der Waals surface area contributed by atoms with Crippen LogP contribution >= 0.6 is 0 Å². The Kier molecular flexibility index (Phi) is 7.08. The molecule has 0 bridgehead atoms. The number of hydrazone groups is 1. The molecule has 2 aliphatic rings. The number of benzene rings is 2. The number of sulfonamides is 1. The second-order valence-corrected chi connectivity index (χ2v) is 10.1. The van der Waals surface area contributed by atoms with Crippen molar-refractivity contribution in [1.82, 2.24) is 9.31 Å². The maximum absolute atomic E-state index is 13.0. The molecule has 34 heavy (non-hydrogen) atoms. The summed E-state index contributed by atoms with van der Waals surface area (Å²) in [4.78, 5) is 12.9. The van der Waals surface area contributed by atoms with Crippen LogP contribution in [0.4, 0.5) is 0 Å². The minimum absolute atomic E-state index is 0.0410. The van der Waals surface area contributed by atoms with Gasteiger partial charge in [0.2, 0.25) is 15.9 Å². The number of piperidine rings is 1. The molecule has 2 aliphatic heterocycles. The summed E-state index contributed by atoms with van der Waals surface area (Å²) in [5.74, 6) is 1.79. The molecule has 9 nitrogen and oxygen atoms in total. The van der Waals surface area contributed by atoms with Crippen molar-refractivity contribution in [2.45, 2.75) is 36.6 Å². The van der Waals surface area contributed by atoms with Gasteiger partial charge >= 0.3 is 0 Å². The van der Waals surface area contributed by atoms with E-state index in [0.29, 0.717) is 56.0 Å². The number of nitrogens with zero attached hydrogens (tertiary/aromatic N) is 3. The zero-order valence-electron chi connectivity index (χ0n) is 19.6. The molecule has 0 aromatic heterocycles. The fourth-order valence-electron chi connectivity index (χ4n) is 4.30. The third kappa shape index (κ3) is 4.74. The van der Waals surface area contributed by atoms with Gasteiger partial charge in [-0.2, -0.15) is 9.41 Å². The average molecular weight is 488 g/mol. The molecular formula is C24H29N3O6S. The van der Waals surface area contributed by atoms with E-state index in [2.05, 4.69) is 5.10 Å². The van der Waals surface area contributed by atoms with Crippen molar-refractivity contribution >= 4 is 21.6 Å². The van der Waals surface area contributed by atoms with Crippen LogP contribution in [-0.2, 0) is 14.8 Å². The highest BCUT2D eigenvalue weighted by molar-refractivity contribution is 7.89. The topological polar surface area (TPSA) is 97.7 Å². The number of ether oxygens (including phenoxy) is 3. The molecule has 0 unspecified atom stereocenters. The van der Waals surface area contributed by atoms with Gasteiger partial charge in [-0.1, -0.05) is 0 Å². The predicted octanol–water partition coefficient (Wildman–Crippen LogP) is 2.89. The Morgan fingerprint density at radius 1 is 0.882 bits per heavy atom. The van der Waals surface area contributed by atoms with E-state index in [4.69, 9.17) is 14.2 Å². The van der Waals surface area contributed by atoms with Crippen molar-refractivity contribution < 1.29 is 27.4 Å². The van der Waals surface area contributed by atoms with Crippen molar-refractivity contribution in [2.75, 3.05) is 34.4 Å². The highest BCUT2D eigenvalue weighted by Crippen LogP contribution is 2.31. The molecule has 182 valence electrons. The molecule has 4 rings (SSSR count). The molecule has 0 spiro atoms. The summed E-state index contributed by atoms with van der Waals surface area (Å²) in [6.07, 6.45) is 1.93. The van der Waals surface area contributed by atoms with Crippen LogP contribution in [0.3, 0.4) is 0 Å². The largest absolute Gasteiger partial charge is 0.497 e. The summed E-state index contributed by atoms with van der Waals surface area (Å²) in [6, 6.07) is 11.8. The zero-order chi connectivity index (χ0) is 24.3. The molecule has 2 aromatic rings. The Morgan fingerprint density at radius 2 is 1.56 bits per heavy atom. The minimum atomic E-state index is -3.61. The molecule has 1 fully saturated rings. The van der Waals surface area contributed by atoms with E-state index in [9.17, 15) is 13.2 Å². The van der Waals surface area contributed by atoms with Crippen LogP contribution in [-0.4, -0.2) is 69.8 Å². The molecular weight excluding hydrogens is 458 g/mol. The molecule has 2 heterocycles. The van der Waals surface area contributed by atoms with Crippen molar-refractivity contribution in [1.29, 1.82) is 0 Å². The Morgan fingerprint density at radius 3 is 2.18 bits per heavy atom. The Hall–Kier alpha value is -3.11. The maximum atomic E-state index is 13.0. The first-order valence-electron chi connectivity index (χ1n) is 11.1. The monoisotopic (exact) mass is 487 g/mol. The zero-order valence-corrected chi connectivity index (χ0v) is 20.4. The summed E-state index contributed by atoms with van der Waals surface area (Å²) in [7, 11) is 1.08. The lowest BCUT2D eigenvalue weighted by Crippen LogP contribution is -2.48. The molecule has 0 saturated carbocycles. The summed E-state index contributed by atoms with van der Waals surface area (Å²) < 4.78 is 43.4. The van der Waals surface area contributed by atoms with Crippen LogP contribution in [0.1, 0.15) is 31.2 Å². The summed E-state index contributed by atoms with van der Waals surface area (Å²) in [5, 5.41) is 6.22. The Balaban J connectivity index is 1.48. The Labute approximate surface area is 200 Å². The van der Waals surface area contributed by atoms with Gasteiger partial charge in [-0.05, 0) is 55.3 Å². The van der Waals surface area contributed by atoms with E-state index in [1.807, 2.05) is 18.2 Å². The van der Waals surface area contributed by atoms with Gasteiger partial charge in [0.15, 0.2) is 11.5 Å². The highest BCUT2D eigenvalue weighted by atomic mass is 32.2. The number of rotatable bonds is 7. The fourth-order valence-corrected chi connectivity index (χ4v) is 5.77. The quantitative estimate of drug-likeness (QED) is 0.596. The molecule has 0 radical (unpaired) electrons. The minimum Gasteiger partial charge on any atom is -0.497 e. The lowest BCUT2D eigenvalue weighted by atomic mass is 10.0. The second kappa shape index (κ2) is 10.0. The van der Waals surface area contributed by atoms with Gasteiger partial charge in [-0.15, -0.1) is 0 Å². The van der Waals surface area contributed by atoms with Crippen LogP contribution < -0.4 is 14.2 Å². The van der Waals surface area contributed by atoms with Gasteiger partial charge in [0, 0.05) is 31.5 Å². The van der Waals surface area contributed by atoms with Crippen LogP contribution in [0.15, 0.2) is 52.5 Å². The molecule has 0 N–H and O–H groups in total. The van der Waals surface area contributed by atoms with Gasteiger partial charge in [0.25, 0.3) is 0 Å². The number of hydrogen-bond acceptors (Lipinski definition) is 7. The molecule has 2 aromatic carbocycles. The lowest BCUT2D eigenvalue weighted by Gasteiger charge is -2.37. The van der Waals surface area contributed by atoms with E-state index in [-0.39, 0.29) is 16.8 Å². The average Bonchev–Trinajstić information content (AvgIpc) is 2.88. The lowest BCUT2D eigenvalue weighted by molar-refractivity contribution is -0.134. The number of carbonyl (C=O) groups is 1. The van der Waals surface area contributed by atoms with E-state index in [0.717, 1.165) is 11.3 Å². The predicted molar refractivity (Wildman–Crippen MR) is 127 cm³/mol. The van der Waals surface area contributed by atoms with Gasteiger partial charge in [0.05, 0.1) is 38.0 Å². The third-order valence-electron chi connectivity index (χ3n) is 6.24. The van der Waals surface area contributed by atoms with Crippen molar-refractivity contribution in [3.63, 3.8) is 0 Å². The summed E-state index contributed by atoms with van der Waals surface area (Å²) in [5.41, 5.74) is 1.67. The molecule has 1 saturated heterocycles. The molecule has 10 heteroatoms. The number of hydrogen-bond donors (Lipinski definition) is 0. The first-order chi connectivity index (χ1) is 16.4. The molecule has 0 aliphatic carbocycles. The van der Waals surface area contributed by atoms with E-state index in [1.165, 1.54) is 11.4 Å². The first kappa shape index (κ1) is 24.0. The Bertz CT molecular complexity index is 1170. The number of carbonyl (C=O) groups excluding carboxylic acids is 1. The van der Waals surface area contributed by atoms with Crippen LogP contribution in [0.2, 0.25) is 0 Å². The van der Waals surface area contributed by atoms with Crippen molar-refractivity contribution in [2.24, 2.45) is 5.10 Å². The van der Waals surface area contributed by atoms with Crippen LogP contribution in [0, 0.1) is 0 Å². The highest BCUT2D eigenvalue weighted by Gasteiger charge is 2.35. The van der Waals surface area contributed by atoms with E-state index >= 15 is 0 Å². The van der Waals surface area contributed by atoms with Gasteiger partial charge in [-0.3, -0.25) is 4.79 Å². The van der Waals surface area contributed by atoms with E-state index in [1.54, 1.807) is 43.5 Å². The van der Waals surface area contributed by atoms with Crippen molar-refractivity contribution in [3.05, 3.63) is 48.0 Å². The van der Waals surface area contributed by atoms with E-state index < -0.39 is 10.0 Å². The maximum Gasteiger partial charge on any atom is 0.243 e. The summed E-state index contributed by atoms with van der Waals surface area (Å²) in [6.45, 7) is 0.647. The van der Waals surface area contributed by atoms with Crippen LogP contribution in [0.5, 0.6) is 17.2 Å². The standard InChI is InChI=1S/C24H29N3O6S/c1-31-19-5-7-20(8-6-19)34(29,30)26-14-12-18(13-15-26)27-24(28)11-9-21(25-27)17-4-10-22(32-2)23(16-17)33-3/h4-8,10,16,18H,9,11-15H2,1-3H3. The van der Waals surface area contributed by atoms with Gasteiger partial charge in [0.1, 0.15) is 5.75 Å². The van der Waals surface area contributed by atoms with Crippen LogP contribution in [0.25, 0.3) is 0 Å². The third-order valence-corrected chi connectivity index (χ3v) is 8.16.